The third-order valence-corrected chi connectivity index (χ3v) is 12.4. The van der Waals surface area contributed by atoms with Crippen LogP contribution in [0.1, 0.15) is 19.8 Å². The van der Waals surface area contributed by atoms with E-state index in [1.807, 2.05) is 35.2 Å². The first-order valence-corrected chi connectivity index (χ1v) is 18.5. The van der Waals surface area contributed by atoms with Crippen molar-refractivity contribution in [3.63, 3.8) is 0 Å². The summed E-state index contributed by atoms with van der Waals surface area (Å²) in [6.45, 7) is 6.20. The van der Waals surface area contributed by atoms with Crippen molar-refractivity contribution >= 4 is 37.3 Å². The molecule has 2 aromatic carbocycles. The zero-order valence-electron chi connectivity index (χ0n) is 24.3. The Balaban J connectivity index is 1.41. The molecule has 3 aliphatic rings. The maximum Gasteiger partial charge on any atom is 0.501 e. The lowest BCUT2D eigenvalue weighted by atomic mass is 10.2. The minimum atomic E-state index is -5.90. The van der Waals surface area contributed by atoms with Gasteiger partial charge in [-0.25, -0.2) is 16.8 Å². The highest BCUT2D eigenvalue weighted by Gasteiger charge is 2.48. The van der Waals surface area contributed by atoms with Crippen molar-refractivity contribution in [3.8, 4) is 0 Å². The van der Waals surface area contributed by atoms with Crippen molar-refractivity contribution in [1.29, 1.82) is 0 Å². The second-order valence-corrected chi connectivity index (χ2v) is 16.0. The zero-order valence-corrected chi connectivity index (χ0v) is 26.7. The van der Waals surface area contributed by atoms with E-state index in [0.717, 1.165) is 30.0 Å². The lowest BCUT2D eigenvalue weighted by molar-refractivity contribution is -0.0435. The molecule has 44 heavy (non-hydrogen) atoms. The number of benzene rings is 2. The first-order valence-electron chi connectivity index (χ1n) is 14.6. The summed E-state index contributed by atoms with van der Waals surface area (Å²) in [5.41, 5.74) is -5.92. The lowest BCUT2D eigenvalue weighted by Gasteiger charge is -2.33. The summed E-state index contributed by atoms with van der Waals surface area (Å²) in [5.74, 6) is 0.442. The number of fused-ring (bicyclic) bond motifs is 2. The van der Waals surface area contributed by atoms with Gasteiger partial charge in [0.1, 0.15) is 4.90 Å². The number of hydrogen-bond acceptors (Lipinski definition) is 10. The van der Waals surface area contributed by atoms with Gasteiger partial charge in [-0.3, -0.25) is 9.80 Å². The van der Waals surface area contributed by atoms with Gasteiger partial charge in [0.05, 0.1) is 29.5 Å². The van der Waals surface area contributed by atoms with Crippen molar-refractivity contribution in [1.82, 2.24) is 19.8 Å². The summed E-state index contributed by atoms with van der Waals surface area (Å²) in [6.07, 6.45) is 1.01. The fraction of sp³-hybridized carbons (Fsp3) is 0.571. The van der Waals surface area contributed by atoms with E-state index in [1.54, 1.807) is 6.92 Å². The number of alkyl halides is 3. The standard InChI is InChI=1S/C28H38F3N5O5S3/c1-20(35-13-10-32-11-14-35)34-44(39,40)25-7-8-26(27(16-25)43(37,38)28(29,30)31)33-21(19-42-24-5-3-2-4-6-24)9-12-36-17-23-15-22(36)18-41-23/h2-8,16,20-23,32-34H,9-15,17-19H2,1H3/t20?,21-,22?,23-/m1/s1. The highest BCUT2D eigenvalue weighted by Crippen LogP contribution is 2.37. The molecule has 0 amide bonds. The summed E-state index contributed by atoms with van der Waals surface area (Å²) < 4.78 is 102. The summed E-state index contributed by atoms with van der Waals surface area (Å²) in [5, 5.41) is 6.21. The summed E-state index contributed by atoms with van der Waals surface area (Å²) in [6, 6.07) is 12.2. The smallest absolute Gasteiger partial charge is 0.380 e. The number of morpholine rings is 1. The SMILES string of the molecule is CC(NS(=O)(=O)c1ccc(N[C@H](CCN2C[C@H]3CC2CO3)CSc2ccccc2)c(S(=O)(=O)C(F)(F)F)c1)N1CCNCC1. The molecule has 3 fully saturated rings. The Morgan fingerprint density at radius 1 is 1.09 bits per heavy atom. The van der Waals surface area contributed by atoms with E-state index < -0.39 is 47.4 Å². The van der Waals surface area contributed by atoms with Crippen molar-refractivity contribution in [3.05, 3.63) is 48.5 Å². The van der Waals surface area contributed by atoms with Crippen LogP contribution in [0, 0.1) is 0 Å². The number of nitrogens with one attached hydrogen (secondary N) is 3. The molecular formula is C28H38F3N5O5S3. The maximum absolute atomic E-state index is 13.9. The fourth-order valence-electron chi connectivity index (χ4n) is 5.78. The summed E-state index contributed by atoms with van der Waals surface area (Å²) in [7, 11) is -10.2. The number of piperazine rings is 1. The van der Waals surface area contributed by atoms with Crippen molar-refractivity contribution in [2.45, 2.75) is 64.3 Å². The van der Waals surface area contributed by atoms with Gasteiger partial charge < -0.3 is 15.4 Å². The van der Waals surface area contributed by atoms with E-state index >= 15 is 0 Å². The molecule has 16 heteroatoms. The van der Waals surface area contributed by atoms with Gasteiger partial charge in [-0.15, -0.1) is 11.8 Å². The van der Waals surface area contributed by atoms with Crippen LogP contribution in [0.25, 0.3) is 0 Å². The van der Waals surface area contributed by atoms with Gasteiger partial charge >= 0.3 is 5.51 Å². The molecular weight excluding hydrogens is 640 g/mol. The number of hydrogen-bond donors (Lipinski definition) is 3. The maximum atomic E-state index is 13.9. The molecule has 0 spiro atoms. The molecule has 3 aliphatic heterocycles. The first kappa shape index (κ1) is 33.4. The number of rotatable bonds is 13. The molecule has 5 rings (SSSR count). The lowest BCUT2D eigenvalue weighted by Crippen LogP contribution is -2.53. The molecule has 0 aromatic heterocycles. The van der Waals surface area contributed by atoms with Crippen LogP contribution in [-0.4, -0.2) is 108 Å². The molecule has 2 unspecified atom stereocenters. The highest BCUT2D eigenvalue weighted by molar-refractivity contribution is 7.99. The van der Waals surface area contributed by atoms with Crippen LogP contribution in [-0.2, 0) is 24.6 Å². The van der Waals surface area contributed by atoms with E-state index in [0.29, 0.717) is 63.6 Å². The number of thioether (sulfide) groups is 1. The molecule has 244 valence electrons. The van der Waals surface area contributed by atoms with Crippen LogP contribution < -0.4 is 15.4 Å². The average molecular weight is 678 g/mol. The fourth-order valence-corrected chi connectivity index (χ4v) is 9.05. The Labute approximate surface area is 261 Å². The highest BCUT2D eigenvalue weighted by atomic mass is 32.2. The van der Waals surface area contributed by atoms with E-state index in [2.05, 4.69) is 20.3 Å². The second-order valence-electron chi connectivity index (χ2n) is 11.3. The number of likely N-dealkylation sites (tertiary alicyclic amines) is 1. The quantitative estimate of drug-likeness (QED) is 0.273. The number of anilines is 1. The van der Waals surface area contributed by atoms with E-state index in [4.69, 9.17) is 4.74 Å². The Morgan fingerprint density at radius 2 is 1.82 bits per heavy atom. The summed E-state index contributed by atoms with van der Waals surface area (Å²) >= 11 is 1.50. The number of sulfone groups is 1. The largest absolute Gasteiger partial charge is 0.501 e. The monoisotopic (exact) mass is 677 g/mol. The first-order chi connectivity index (χ1) is 20.8. The molecule has 0 radical (unpaired) electrons. The molecule has 0 aliphatic carbocycles. The minimum Gasteiger partial charge on any atom is -0.380 e. The molecule has 2 aromatic rings. The molecule has 3 heterocycles. The number of halogens is 3. The third kappa shape index (κ3) is 7.89. The Hall–Kier alpha value is -1.92. The Bertz CT molecular complexity index is 1490. The van der Waals surface area contributed by atoms with Crippen LogP contribution >= 0.6 is 11.8 Å². The predicted octanol–water partition coefficient (Wildman–Crippen LogP) is 2.95. The third-order valence-electron chi connectivity index (χ3n) is 8.22. The van der Waals surface area contributed by atoms with Gasteiger partial charge in [0.2, 0.25) is 10.0 Å². The molecule has 4 atom stereocenters. The van der Waals surface area contributed by atoms with Crippen LogP contribution in [0.5, 0.6) is 0 Å². The van der Waals surface area contributed by atoms with E-state index in [9.17, 15) is 30.0 Å². The number of sulfonamides is 1. The van der Waals surface area contributed by atoms with Crippen LogP contribution in [0.15, 0.2) is 63.2 Å². The Morgan fingerprint density at radius 3 is 2.45 bits per heavy atom. The molecule has 0 saturated carbocycles. The Kier molecular flexibility index (Phi) is 10.5. The van der Waals surface area contributed by atoms with Crippen molar-refractivity contribution < 1.29 is 34.7 Å². The van der Waals surface area contributed by atoms with Crippen LogP contribution in [0.4, 0.5) is 18.9 Å². The second kappa shape index (κ2) is 13.8. The molecule has 3 N–H and O–H groups in total. The molecule has 3 saturated heterocycles. The van der Waals surface area contributed by atoms with Crippen LogP contribution in [0.2, 0.25) is 0 Å². The zero-order chi connectivity index (χ0) is 31.5. The topological polar surface area (TPSA) is 120 Å². The van der Waals surface area contributed by atoms with E-state index in [1.165, 1.54) is 11.8 Å². The van der Waals surface area contributed by atoms with Crippen molar-refractivity contribution in [2.75, 3.05) is 56.9 Å². The number of nitrogens with zero attached hydrogens (tertiary/aromatic N) is 2. The van der Waals surface area contributed by atoms with Gasteiger partial charge in [0, 0.05) is 62.0 Å². The van der Waals surface area contributed by atoms with Crippen molar-refractivity contribution in [2.24, 2.45) is 0 Å². The van der Waals surface area contributed by atoms with Gasteiger partial charge in [-0.1, -0.05) is 18.2 Å². The summed E-state index contributed by atoms with van der Waals surface area (Å²) in [4.78, 5) is 3.46. The van der Waals surface area contributed by atoms with Gasteiger partial charge in [-0.05, 0) is 50.1 Å². The van der Waals surface area contributed by atoms with E-state index in [-0.39, 0.29) is 11.8 Å². The normalized spacial score (nSPS) is 23.1. The van der Waals surface area contributed by atoms with Crippen LogP contribution in [0.3, 0.4) is 0 Å². The predicted molar refractivity (Wildman–Crippen MR) is 163 cm³/mol. The average Bonchev–Trinajstić information content (AvgIpc) is 3.62. The van der Waals surface area contributed by atoms with Gasteiger partial charge in [0.25, 0.3) is 9.84 Å². The minimum absolute atomic E-state index is 0.186. The molecule has 2 bridgehead atoms. The molecule has 10 nitrogen and oxygen atoms in total. The number of ether oxygens (including phenoxy) is 1. The van der Waals surface area contributed by atoms with Gasteiger partial charge in [-0.2, -0.15) is 17.9 Å². The van der Waals surface area contributed by atoms with Gasteiger partial charge in [0.15, 0.2) is 0 Å².